The van der Waals surface area contributed by atoms with E-state index in [4.69, 9.17) is 4.74 Å². The second kappa shape index (κ2) is 4.49. The summed E-state index contributed by atoms with van der Waals surface area (Å²) in [5.74, 6) is 0.426. The third-order valence-corrected chi connectivity index (χ3v) is 3.76. The molecule has 0 saturated carbocycles. The highest BCUT2D eigenvalue weighted by atomic mass is 16.5. The Hall–Kier alpha value is -1.36. The Morgan fingerprint density at radius 1 is 1.47 bits per heavy atom. The van der Waals surface area contributed by atoms with Crippen LogP contribution in [0.2, 0.25) is 0 Å². The van der Waals surface area contributed by atoms with E-state index in [9.17, 15) is 4.79 Å². The first-order valence-electron chi connectivity index (χ1n) is 6.24. The van der Waals surface area contributed by atoms with Crippen LogP contribution < -0.4 is 0 Å². The molecule has 92 valence electrons. The summed E-state index contributed by atoms with van der Waals surface area (Å²) in [6.07, 6.45) is 4.93. The van der Waals surface area contributed by atoms with E-state index in [1.807, 2.05) is 6.07 Å². The van der Waals surface area contributed by atoms with Crippen LogP contribution in [0.15, 0.2) is 12.3 Å². The van der Waals surface area contributed by atoms with Crippen molar-refractivity contribution in [3.63, 3.8) is 0 Å². The predicted molar refractivity (Wildman–Crippen MR) is 61.5 cm³/mol. The first-order valence-corrected chi connectivity index (χ1v) is 6.24. The highest BCUT2D eigenvalue weighted by Crippen LogP contribution is 2.28. The first-order chi connectivity index (χ1) is 8.34. The lowest BCUT2D eigenvalue weighted by atomic mass is 9.93. The zero-order chi connectivity index (χ0) is 11.7. The standard InChI is InChI=1S/C12H17N3O2/c16-12-11(4-7-17-12)15-6-1-2-9(8-15)10-3-5-13-14-10/h3,5,9,11H,1-2,4,6-8H2,(H,13,14)/t9-,11+/m1/s1. The molecule has 1 aromatic rings. The number of carbonyl (C=O) groups excluding carboxylic acids is 1. The van der Waals surface area contributed by atoms with E-state index in [0.717, 1.165) is 25.9 Å². The van der Waals surface area contributed by atoms with Crippen LogP contribution in [0.5, 0.6) is 0 Å². The molecule has 0 bridgehead atoms. The molecule has 0 radical (unpaired) electrons. The molecule has 3 heterocycles. The second-order valence-corrected chi connectivity index (χ2v) is 4.82. The van der Waals surface area contributed by atoms with Gasteiger partial charge in [-0.15, -0.1) is 0 Å². The van der Waals surface area contributed by atoms with Gasteiger partial charge in [-0.3, -0.25) is 14.8 Å². The normalized spacial score (nSPS) is 30.5. The van der Waals surface area contributed by atoms with Crippen LogP contribution in [0.1, 0.15) is 30.9 Å². The second-order valence-electron chi connectivity index (χ2n) is 4.82. The van der Waals surface area contributed by atoms with Crippen molar-refractivity contribution in [1.82, 2.24) is 15.1 Å². The van der Waals surface area contributed by atoms with Crippen molar-refractivity contribution in [2.45, 2.75) is 31.2 Å². The number of aromatic amines is 1. The zero-order valence-corrected chi connectivity index (χ0v) is 9.76. The van der Waals surface area contributed by atoms with Crippen molar-refractivity contribution in [1.29, 1.82) is 0 Å². The molecule has 0 aliphatic carbocycles. The molecule has 5 heteroatoms. The van der Waals surface area contributed by atoms with Crippen molar-refractivity contribution >= 4 is 5.97 Å². The van der Waals surface area contributed by atoms with Crippen LogP contribution in [-0.4, -0.2) is 46.8 Å². The highest BCUT2D eigenvalue weighted by Gasteiger charge is 2.35. The van der Waals surface area contributed by atoms with Crippen LogP contribution in [-0.2, 0) is 9.53 Å². The van der Waals surface area contributed by atoms with Gasteiger partial charge in [-0.1, -0.05) is 0 Å². The molecule has 2 aliphatic heterocycles. The third kappa shape index (κ3) is 2.07. The highest BCUT2D eigenvalue weighted by molar-refractivity contribution is 5.77. The van der Waals surface area contributed by atoms with Crippen LogP contribution in [0.3, 0.4) is 0 Å². The van der Waals surface area contributed by atoms with Crippen LogP contribution in [0.4, 0.5) is 0 Å². The Labute approximate surface area is 100 Å². The molecule has 0 spiro atoms. The van der Waals surface area contributed by atoms with Gasteiger partial charge in [0, 0.05) is 30.8 Å². The van der Waals surface area contributed by atoms with Crippen molar-refractivity contribution < 1.29 is 9.53 Å². The molecular weight excluding hydrogens is 218 g/mol. The van der Waals surface area contributed by atoms with Gasteiger partial charge in [0.05, 0.1) is 6.61 Å². The smallest absolute Gasteiger partial charge is 0.323 e. The van der Waals surface area contributed by atoms with Gasteiger partial charge in [0.25, 0.3) is 0 Å². The van der Waals surface area contributed by atoms with Crippen molar-refractivity contribution in [2.24, 2.45) is 0 Å². The maximum Gasteiger partial charge on any atom is 0.323 e. The van der Waals surface area contributed by atoms with E-state index in [0.29, 0.717) is 12.5 Å². The minimum Gasteiger partial charge on any atom is -0.464 e. The SMILES string of the molecule is O=C1OCC[C@@H]1N1CCC[C@@H](c2ccn[nH]2)C1. The van der Waals surface area contributed by atoms with Gasteiger partial charge in [-0.05, 0) is 25.5 Å². The van der Waals surface area contributed by atoms with Gasteiger partial charge in [0.15, 0.2) is 0 Å². The van der Waals surface area contributed by atoms with E-state index in [-0.39, 0.29) is 12.0 Å². The Kier molecular flexibility index (Phi) is 2.84. The fourth-order valence-electron chi connectivity index (χ4n) is 2.85. The Morgan fingerprint density at radius 2 is 2.41 bits per heavy atom. The first kappa shape index (κ1) is 10.8. The van der Waals surface area contributed by atoms with E-state index in [2.05, 4.69) is 15.1 Å². The maximum atomic E-state index is 11.6. The molecule has 2 saturated heterocycles. The molecule has 0 unspecified atom stereocenters. The number of H-pyrrole nitrogens is 1. The number of hydrogen-bond donors (Lipinski definition) is 1. The molecule has 1 aromatic heterocycles. The maximum absolute atomic E-state index is 11.6. The van der Waals surface area contributed by atoms with Crippen molar-refractivity contribution in [3.8, 4) is 0 Å². The van der Waals surface area contributed by atoms with Gasteiger partial charge in [0.2, 0.25) is 0 Å². The van der Waals surface area contributed by atoms with Crippen LogP contribution >= 0.6 is 0 Å². The molecule has 1 N–H and O–H groups in total. The number of carbonyl (C=O) groups is 1. The summed E-state index contributed by atoms with van der Waals surface area (Å²) in [6, 6.07) is 2.02. The largest absolute Gasteiger partial charge is 0.464 e. The lowest BCUT2D eigenvalue weighted by molar-refractivity contribution is -0.142. The number of piperidine rings is 1. The summed E-state index contributed by atoms with van der Waals surface area (Å²) in [4.78, 5) is 13.9. The van der Waals surface area contributed by atoms with Crippen LogP contribution in [0.25, 0.3) is 0 Å². The van der Waals surface area contributed by atoms with Crippen molar-refractivity contribution in [3.05, 3.63) is 18.0 Å². The molecule has 0 amide bonds. The molecule has 3 rings (SSSR count). The van der Waals surface area contributed by atoms with Gasteiger partial charge in [-0.25, -0.2) is 0 Å². The number of aromatic nitrogens is 2. The summed E-state index contributed by atoms with van der Waals surface area (Å²) >= 11 is 0. The summed E-state index contributed by atoms with van der Waals surface area (Å²) in [6.45, 7) is 2.51. The number of esters is 1. The minimum absolute atomic E-state index is 0.0132. The Morgan fingerprint density at radius 3 is 3.12 bits per heavy atom. The lowest BCUT2D eigenvalue weighted by Gasteiger charge is -2.34. The summed E-state index contributed by atoms with van der Waals surface area (Å²) < 4.78 is 5.04. The molecule has 0 aromatic carbocycles. The average molecular weight is 235 g/mol. The Bertz CT molecular complexity index is 390. The zero-order valence-electron chi connectivity index (χ0n) is 9.76. The van der Waals surface area contributed by atoms with E-state index in [1.54, 1.807) is 6.20 Å². The minimum atomic E-state index is -0.0461. The fourth-order valence-corrected chi connectivity index (χ4v) is 2.85. The number of nitrogens with zero attached hydrogens (tertiary/aromatic N) is 2. The number of nitrogens with one attached hydrogen (secondary N) is 1. The van der Waals surface area contributed by atoms with Gasteiger partial charge >= 0.3 is 5.97 Å². The summed E-state index contributed by atoms with van der Waals surface area (Å²) in [5.41, 5.74) is 1.18. The molecule has 2 atom stereocenters. The number of cyclic esters (lactones) is 1. The van der Waals surface area contributed by atoms with E-state index >= 15 is 0 Å². The van der Waals surface area contributed by atoms with E-state index in [1.165, 1.54) is 12.1 Å². The van der Waals surface area contributed by atoms with Gasteiger partial charge < -0.3 is 4.74 Å². The summed E-state index contributed by atoms with van der Waals surface area (Å²) in [5, 5.41) is 7.04. The van der Waals surface area contributed by atoms with E-state index < -0.39 is 0 Å². The lowest BCUT2D eigenvalue weighted by Crippen LogP contribution is -2.44. The molecule has 2 aliphatic rings. The number of ether oxygens (including phenoxy) is 1. The predicted octanol–water partition coefficient (Wildman–Crippen LogP) is 0.905. The Balaban J connectivity index is 1.69. The van der Waals surface area contributed by atoms with Crippen molar-refractivity contribution in [2.75, 3.05) is 19.7 Å². The third-order valence-electron chi connectivity index (χ3n) is 3.76. The van der Waals surface area contributed by atoms with Gasteiger partial charge in [0.1, 0.15) is 6.04 Å². The number of rotatable bonds is 2. The number of hydrogen-bond acceptors (Lipinski definition) is 4. The quantitative estimate of drug-likeness (QED) is 0.774. The molecule has 5 nitrogen and oxygen atoms in total. The monoisotopic (exact) mass is 235 g/mol. The van der Waals surface area contributed by atoms with Crippen LogP contribution in [0, 0.1) is 0 Å². The topological polar surface area (TPSA) is 58.2 Å². The average Bonchev–Trinajstić information content (AvgIpc) is 2.99. The number of likely N-dealkylation sites (tertiary alicyclic amines) is 1. The molecule has 17 heavy (non-hydrogen) atoms. The summed E-state index contributed by atoms with van der Waals surface area (Å²) in [7, 11) is 0. The fraction of sp³-hybridized carbons (Fsp3) is 0.667. The molecular formula is C12H17N3O2. The van der Waals surface area contributed by atoms with Gasteiger partial charge in [-0.2, -0.15) is 5.10 Å². The molecule has 2 fully saturated rings.